The number of aliphatic hydroxyl groups excluding tert-OH is 1. The molecule has 7 nitrogen and oxygen atoms in total. The maximum absolute atomic E-state index is 13.6. The van der Waals surface area contributed by atoms with Crippen LogP contribution in [0, 0.1) is 0 Å². The van der Waals surface area contributed by atoms with Crippen molar-refractivity contribution in [1.29, 1.82) is 0 Å². The minimum absolute atomic E-state index is 0.0166. The Bertz CT molecular complexity index is 985. The number of halogens is 3. The molecule has 33 heavy (non-hydrogen) atoms. The summed E-state index contributed by atoms with van der Waals surface area (Å²) in [6.45, 7) is 7.13. The summed E-state index contributed by atoms with van der Waals surface area (Å²) in [6, 6.07) is 0.0697. The molecule has 0 aromatic carbocycles. The molecule has 0 unspecified atom stereocenters. The summed E-state index contributed by atoms with van der Waals surface area (Å²) >= 11 is 0.742. The summed E-state index contributed by atoms with van der Waals surface area (Å²) in [5.41, 5.74) is -0.0628. The Kier molecular flexibility index (Phi) is 6.65. The number of aryl methyl sites for hydroxylation is 1. The number of aliphatic hydroxyl groups is 2. The summed E-state index contributed by atoms with van der Waals surface area (Å²) < 4.78 is 48.7. The van der Waals surface area contributed by atoms with E-state index < -0.39 is 28.9 Å². The Labute approximate surface area is 195 Å². The number of thiophene rings is 1. The minimum atomic E-state index is -4.48. The van der Waals surface area contributed by atoms with E-state index in [2.05, 4.69) is 22.1 Å². The average Bonchev–Trinajstić information content (AvgIpc) is 3.33. The normalized spacial score (nSPS) is 24.4. The van der Waals surface area contributed by atoms with Gasteiger partial charge in [-0.25, -0.2) is 0 Å². The topological polar surface area (TPSA) is 83.6 Å². The van der Waals surface area contributed by atoms with E-state index in [1.54, 1.807) is 18.5 Å². The Hall–Kier alpha value is -1.53. The molecule has 2 atom stereocenters. The van der Waals surface area contributed by atoms with Crippen LogP contribution in [0.25, 0.3) is 0 Å². The van der Waals surface area contributed by atoms with Crippen molar-refractivity contribution in [3.8, 4) is 0 Å². The van der Waals surface area contributed by atoms with Crippen LogP contribution in [0.3, 0.4) is 0 Å². The molecule has 4 rings (SSSR count). The molecule has 2 aliphatic heterocycles. The van der Waals surface area contributed by atoms with Gasteiger partial charge in [0.25, 0.3) is 0 Å². The van der Waals surface area contributed by atoms with E-state index in [-0.39, 0.29) is 11.6 Å². The van der Waals surface area contributed by atoms with Gasteiger partial charge in [-0.2, -0.15) is 13.2 Å². The second-order valence-corrected chi connectivity index (χ2v) is 10.8. The molecule has 2 aliphatic rings. The van der Waals surface area contributed by atoms with Crippen LogP contribution in [0.15, 0.2) is 6.20 Å². The summed E-state index contributed by atoms with van der Waals surface area (Å²) in [6.07, 6.45) is -0.486. The first-order chi connectivity index (χ1) is 15.4. The Balaban J connectivity index is 1.48. The molecule has 0 aliphatic carbocycles. The van der Waals surface area contributed by atoms with Crippen molar-refractivity contribution >= 4 is 11.3 Å². The minimum Gasteiger partial charge on any atom is -0.392 e. The van der Waals surface area contributed by atoms with E-state index in [4.69, 9.17) is 4.74 Å². The third-order valence-electron chi connectivity index (χ3n) is 6.63. The second kappa shape index (κ2) is 8.92. The van der Waals surface area contributed by atoms with Gasteiger partial charge < -0.3 is 14.9 Å². The molecule has 2 aromatic rings. The van der Waals surface area contributed by atoms with Crippen LogP contribution >= 0.6 is 11.3 Å². The van der Waals surface area contributed by atoms with Crippen LogP contribution in [0.4, 0.5) is 13.2 Å². The smallest absolute Gasteiger partial charge is 0.392 e. The van der Waals surface area contributed by atoms with E-state index in [0.29, 0.717) is 62.4 Å². The van der Waals surface area contributed by atoms with Crippen molar-refractivity contribution < 1.29 is 28.1 Å². The van der Waals surface area contributed by atoms with Crippen molar-refractivity contribution in [2.75, 3.05) is 13.2 Å². The predicted molar refractivity (Wildman–Crippen MR) is 117 cm³/mol. The lowest BCUT2D eigenvalue weighted by atomic mass is 9.81. The van der Waals surface area contributed by atoms with Crippen molar-refractivity contribution in [2.45, 2.75) is 89.6 Å². The second-order valence-electron chi connectivity index (χ2n) is 9.78. The monoisotopic (exact) mass is 488 g/mol. The van der Waals surface area contributed by atoms with Crippen molar-refractivity contribution in [3.05, 3.63) is 32.8 Å². The van der Waals surface area contributed by atoms with E-state index in [1.165, 1.54) is 0 Å². The maximum Gasteiger partial charge on any atom is 0.425 e. The molecule has 2 N–H and O–H groups in total. The van der Waals surface area contributed by atoms with E-state index in [1.807, 2.05) is 6.20 Å². The highest BCUT2D eigenvalue weighted by Crippen LogP contribution is 2.51. The molecule has 2 aromatic heterocycles. The first-order valence-electron chi connectivity index (χ1n) is 11.2. The van der Waals surface area contributed by atoms with Gasteiger partial charge in [0.15, 0.2) is 0 Å². The van der Waals surface area contributed by atoms with Gasteiger partial charge in [0.1, 0.15) is 10.5 Å². The van der Waals surface area contributed by atoms with Crippen LogP contribution in [-0.2, 0) is 42.6 Å². The molecule has 1 saturated heterocycles. The standard InChI is InChI=1S/C22H31F3N4O3S/c1-14-10-21(18-16(4-9-32-21)17(13-30)19(33-18)22(23,24)25)6-7-28(14)11-15-12-29(27-26-15)8-5-20(2,3)31/h12,14,30-31H,4-11,13H2,1-3H3/t14-,21+/m0/s1. The zero-order valence-electron chi connectivity index (χ0n) is 19.2. The van der Waals surface area contributed by atoms with Gasteiger partial charge in [-0.3, -0.25) is 9.58 Å². The number of alkyl halides is 3. The van der Waals surface area contributed by atoms with E-state index >= 15 is 0 Å². The lowest BCUT2D eigenvalue weighted by Gasteiger charge is -2.47. The van der Waals surface area contributed by atoms with Gasteiger partial charge in [0, 0.05) is 42.3 Å². The first-order valence-corrected chi connectivity index (χ1v) is 12.1. The fraction of sp³-hybridized carbons (Fsp3) is 0.727. The number of aromatic nitrogens is 3. The Morgan fingerprint density at radius 2 is 2.09 bits per heavy atom. The average molecular weight is 489 g/mol. The number of hydrogen-bond donors (Lipinski definition) is 2. The quantitative estimate of drug-likeness (QED) is 0.648. The number of rotatable bonds is 6. The molecular formula is C22H31F3N4O3S. The van der Waals surface area contributed by atoms with E-state index in [0.717, 1.165) is 17.0 Å². The zero-order valence-corrected chi connectivity index (χ0v) is 20.0. The van der Waals surface area contributed by atoms with Crippen LogP contribution < -0.4 is 0 Å². The molecular weight excluding hydrogens is 457 g/mol. The van der Waals surface area contributed by atoms with E-state index in [9.17, 15) is 23.4 Å². The molecule has 4 heterocycles. The number of fused-ring (bicyclic) bond motifs is 2. The number of likely N-dealkylation sites (tertiary alicyclic amines) is 1. The summed E-state index contributed by atoms with van der Waals surface area (Å²) in [4.78, 5) is 2.19. The predicted octanol–water partition coefficient (Wildman–Crippen LogP) is 3.46. The third kappa shape index (κ3) is 5.12. The van der Waals surface area contributed by atoms with Crippen molar-refractivity contribution in [3.63, 3.8) is 0 Å². The molecule has 184 valence electrons. The highest BCUT2D eigenvalue weighted by molar-refractivity contribution is 7.12. The fourth-order valence-corrected chi connectivity index (χ4v) is 6.29. The van der Waals surface area contributed by atoms with Crippen LogP contribution in [0.1, 0.15) is 66.6 Å². The summed E-state index contributed by atoms with van der Waals surface area (Å²) in [7, 11) is 0. The molecule has 0 saturated carbocycles. The molecule has 1 spiro atoms. The van der Waals surface area contributed by atoms with Gasteiger partial charge in [0.2, 0.25) is 0 Å². The molecule has 0 radical (unpaired) electrons. The highest BCUT2D eigenvalue weighted by Gasteiger charge is 2.48. The number of hydrogen-bond acceptors (Lipinski definition) is 7. The van der Waals surface area contributed by atoms with Gasteiger partial charge >= 0.3 is 6.18 Å². The molecule has 1 fully saturated rings. The zero-order chi connectivity index (χ0) is 24.0. The SMILES string of the molecule is C[C@H]1C[C@@]2(CCN1Cc1cn(CCC(C)(C)O)nn1)OCCc1c2sc(C(F)(F)F)c1CO. The van der Waals surface area contributed by atoms with Gasteiger partial charge in [-0.05, 0) is 52.0 Å². The Morgan fingerprint density at radius 3 is 2.73 bits per heavy atom. The fourth-order valence-electron chi connectivity index (χ4n) is 4.88. The largest absolute Gasteiger partial charge is 0.425 e. The lowest BCUT2D eigenvalue weighted by Crippen LogP contribution is -2.50. The lowest BCUT2D eigenvalue weighted by molar-refractivity contribution is -0.135. The summed E-state index contributed by atoms with van der Waals surface area (Å²) in [5, 5.41) is 28.0. The first kappa shape index (κ1) is 24.6. The molecule has 11 heteroatoms. The van der Waals surface area contributed by atoms with Gasteiger partial charge in [0.05, 0.1) is 24.5 Å². The highest BCUT2D eigenvalue weighted by atomic mass is 32.1. The number of ether oxygens (including phenoxy) is 1. The van der Waals surface area contributed by atoms with Crippen molar-refractivity contribution in [2.24, 2.45) is 0 Å². The van der Waals surface area contributed by atoms with Gasteiger partial charge in [-0.15, -0.1) is 16.4 Å². The number of nitrogens with zero attached hydrogens (tertiary/aromatic N) is 4. The molecule has 0 bridgehead atoms. The summed E-state index contributed by atoms with van der Waals surface area (Å²) in [5.74, 6) is 0. The number of piperidine rings is 1. The van der Waals surface area contributed by atoms with Crippen LogP contribution in [0.2, 0.25) is 0 Å². The van der Waals surface area contributed by atoms with Crippen LogP contribution in [-0.4, -0.2) is 54.9 Å². The van der Waals surface area contributed by atoms with Crippen molar-refractivity contribution in [1.82, 2.24) is 19.9 Å². The molecule has 0 amide bonds. The Morgan fingerprint density at radius 1 is 1.33 bits per heavy atom. The maximum atomic E-state index is 13.6. The van der Waals surface area contributed by atoms with Gasteiger partial charge in [-0.1, -0.05) is 5.21 Å². The van der Waals surface area contributed by atoms with Crippen LogP contribution in [0.5, 0.6) is 0 Å². The third-order valence-corrected chi connectivity index (χ3v) is 8.14.